The van der Waals surface area contributed by atoms with Gasteiger partial charge in [-0.1, -0.05) is 36.4 Å². The van der Waals surface area contributed by atoms with Crippen LogP contribution >= 0.6 is 0 Å². The van der Waals surface area contributed by atoms with Gasteiger partial charge in [0.2, 0.25) is 0 Å². The Morgan fingerprint density at radius 2 is 1.03 bits per heavy atom. The largest absolute Gasteiger partial charge is 0.382 e. The molecule has 0 fully saturated rings. The van der Waals surface area contributed by atoms with Gasteiger partial charge in [0.15, 0.2) is 34.6 Å². The van der Waals surface area contributed by atoms with Crippen molar-refractivity contribution in [3.05, 3.63) is 84.4 Å². The summed E-state index contributed by atoms with van der Waals surface area (Å²) in [7, 11) is 0. The zero-order valence-corrected chi connectivity index (χ0v) is 19.6. The maximum Gasteiger partial charge on any atom is 0.161 e. The van der Waals surface area contributed by atoms with Crippen LogP contribution in [0.3, 0.4) is 0 Å². The minimum absolute atomic E-state index is 0.291. The molecule has 5 aromatic rings. The molecular formula is C24H22N12. The number of azo groups is 2. The van der Waals surface area contributed by atoms with Gasteiger partial charge < -0.3 is 11.5 Å². The van der Waals surface area contributed by atoms with Crippen LogP contribution in [-0.2, 0) is 0 Å². The molecule has 178 valence electrons. The highest BCUT2D eigenvalue weighted by Crippen LogP contribution is 2.32. The second-order valence-electron chi connectivity index (χ2n) is 7.77. The third-order valence-corrected chi connectivity index (χ3v) is 5.24. The number of rotatable bonds is 6. The Bertz CT molecular complexity index is 1450. The molecule has 0 aliphatic heterocycles. The molecule has 0 aliphatic rings. The molecule has 0 aliphatic carbocycles. The fraction of sp³-hybridized carbons (Fsp3) is 0.0833. The summed E-state index contributed by atoms with van der Waals surface area (Å²) in [5, 5.41) is 26.0. The van der Waals surface area contributed by atoms with Crippen molar-refractivity contribution in [3.8, 4) is 11.6 Å². The molecule has 12 nitrogen and oxygen atoms in total. The average Bonchev–Trinajstić information content (AvgIpc) is 3.36. The number of aryl methyl sites for hydroxylation is 2. The molecule has 0 atom stereocenters. The van der Waals surface area contributed by atoms with Gasteiger partial charge in [-0.15, -0.1) is 10.2 Å². The number of anilines is 2. The number of benzene rings is 2. The van der Waals surface area contributed by atoms with Crippen LogP contribution in [0.4, 0.5) is 34.4 Å². The molecule has 5 rings (SSSR count). The highest BCUT2D eigenvalue weighted by atomic mass is 15.4. The SMILES string of the molecule is Cc1nn(-c2cc(-n3nc(C)c(/N=N/c4ccccc4)c3N)ncn2)c(N)c1/N=N/c1ccccc1. The van der Waals surface area contributed by atoms with Crippen molar-refractivity contribution < 1.29 is 0 Å². The van der Waals surface area contributed by atoms with E-state index in [1.807, 2.05) is 60.7 Å². The molecule has 2 aromatic carbocycles. The normalized spacial score (nSPS) is 11.6. The van der Waals surface area contributed by atoms with Crippen molar-refractivity contribution in [1.82, 2.24) is 29.5 Å². The predicted molar refractivity (Wildman–Crippen MR) is 136 cm³/mol. The van der Waals surface area contributed by atoms with Gasteiger partial charge in [-0.05, 0) is 38.1 Å². The maximum atomic E-state index is 6.35. The molecule has 0 radical (unpaired) electrons. The highest BCUT2D eigenvalue weighted by Gasteiger charge is 2.18. The number of nitrogens with zero attached hydrogens (tertiary/aromatic N) is 10. The van der Waals surface area contributed by atoms with Crippen molar-refractivity contribution in [2.75, 3.05) is 11.5 Å². The van der Waals surface area contributed by atoms with Gasteiger partial charge in [-0.3, -0.25) is 0 Å². The lowest BCUT2D eigenvalue weighted by molar-refractivity contribution is 0.801. The molecule has 3 heterocycles. The Morgan fingerprint density at radius 3 is 1.44 bits per heavy atom. The van der Waals surface area contributed by atoms with E-state index in [1.165, 1.54) is 15.7 Å². The summed E-state index contributed by atoms with van der Waals surface area (Å²) in [6.07, 6.45) is 1.38. The van der Waals surface area contributed by atoms with Gasteiger partial charge in [0, 0.05) is 6.07 Å². The van der Waals surface area contributed by atoms with Crippen molar-refractivity contribution in [3.63, 3.8) is 0 Å². The second-order valence-corrected chi connectivity index (χ2v) is 7.77. The first-order valence-electron chi connectivity index (χ1n) is 11.0. The van der Waals surface area contributed by atoms with Crippen LogP contribution in [0.5, 0.6) is 0 Å². The molecule has 0 bridgehead atoms. The minimum atomic E-state index is 0.291. The number of hydrogen-bond donors (Lipinski definition) is 2. The van der Waals surface area contributed by atoms with Crippen LogP contribution in [0.2, 0.25) is 0 Å². The van der Waals surface area contributed by atoms with Gasteiger partial charge in [0.05, 0.1) is 22.8 Å². The Labute approximate surface area is 206 Å². The van der Waals surface area contributed by atoms with E-state index in [2.05, 4.69) is 40.6 Å². The van der Waals surface area contributed by atoms with E-state index < -0.39 is 0 Å². The van der Waals surface area contributed by atoms with Crippen LogP contribution in [0.25, 0.3) is 11.6 Å². The minimum Gasteiger partial charge on any atom is -0.382 e. The van der Waals surface area contributed by atoms with Gasteiger partial charge in [0.25, 0.3) is 0 Å². The van der Waals surface area contributed by atoms with E-state index in [4.69, 9.17) is 11.5 Å². The van der Waals surface area contributed by atoms with Crippen molar-refractivity contribution in [1.29, 1.82) is 0 Å². The van der Waals surface area contributed by atoms with Gasteiger partial charge >= 0.3 is 0 Å². The summed E-state index contributed by atoms with van der Waals surface area (Å²) in [5.41, 5.74) is 16.2. The number of nitrogen functional groups attached to an aromatic ring is 2. The van der Waals surface area contributed by atoms with Crippen molar-refractivity contribution in [2.45, 2.75) is 13.8 Å². The van der Waals surface area contributed by atoms with E-state index in [1.54, 1.807) is 19.9 Å². The third-order valence-electron chi connectivity index (χ3n) is 5.24. The summed E-state index contributed by atoms with van der Waals surface area (Å²) in [6.45, 7) is 3.60. The molecule has 4 N–H and O–H groups in total. The van der Waals surface area contributed by atoms with E-state index in [-0.39, 0.29) is 0 Å². The Morgan fingerprint density at radius 1 is 0.611 bits per heavy atom. The first-order valence-corrected chi connectivity index (χ1v) is 11.0. The van der Waals surface area contributed by atoms with Crippen LogP contribution in [0.1, 0.15) is 11.4 Å². The highest BCUT2D eigenvalue weighted by molar-refractivity contribution is 5.65. The van der Waals surface area contributed by atoms with E-state index in [0.29, 0.717) is 57.4 Å². The molecule has 0 unspecified atom stereocenters. The molecule has 0 amide bonds. The molecular weight excluding hydrogens is 456 g/mol. The standard InChI is InChI=1S/C24H22N12/c1-15-21(31-29-17-9-5-3-6-10-17)23(25)35(33-15)19-13-20(28-14-27-19)36-24(26)22(16(2)34-36)32-30-18-11-7-4-8-12-18/h3-14H,25-26H2,1-2H3/b31-29+,32-30+. The van der Waals surface area contributed by atoms with Crippen molar-refractivity contribution in [2.24, 2.45) is 20.5 Å². The number of hydrogen-bond acceptors (Lipinski definition) is 10. The predicted octanol–water partition coefficient (Wildman–Crippen LogP) is 5.46. The Kier molecular flexibility index (Phi) is 5.97. The Hall–Kier alpha value is -5.26. The van der Waals surface area contributed by atoms with Crippen LogP contribution in [0.15, 0.2) is 93.5 Å². The topological polar surface area (TPSA) is 163 Å². The fourth-order valence-corrected chi connectivity index (χ4v) is 3.44. The molecule has 0 spiro atoms. The quantitative estimate of drug-likeness (QED) is 0.308. The number of nitrogens with two attached hydrogens (primary N) is 2. The first kappa shape index (κ1) is 22.5. The summed E-state index contributed by atoms with van der Waals surface area (Å²) < 4.78 is 2.95. The monoisotopic (exact) mass is 478 g/mol. The van der Waals surface area contributed by atoms with Crippen LogP contribution < -0.4 is 11.5 Å². The summed E-state index contributed by atoms with van der Waals surface area (Å²) in [4.78, 5) is 8.63. The van der Waals surface area contributed by atoms with Gasteiger partial charge in [-0.2, -0.15) is 29.8 Å². The zero-order chi connectivity index (χ0) is 25.1. The third kappa shape index (κ3) is 4.42. The Balaban J connectivity index is 1.47. The van der Waals surface area contributed by atoms with E-state index >= 15 is 0 Å². The lowest BCUT2D eigenvalue weighted by Gasteiger charge is -2.06. The molecule has 3 aromatic heterocycles. The van der Waals surface area contributed by atoms with Crippen LogP contribution in [0, 0.1) is 13.8 Å². The molecule has 0 saturated heterocycles. The van der Waals surface area contributed by atoms with Crippen molar-refractivity contribution >= 4 is 34.4 Å². The number of aromatic nitrogens is 6. The van der Waals surface area contributed by atoms with Crippen LogP contribution in [-0.4, -0.2) is 29.5 Å². The summed E-state index contributed by atoms with van der Waals surface area (Å²) in [6, 6.07) is 20.4. The maximum absolute atomic E-state index is 6.35. The van der Waals surface area contributed by atoms with Gasteiger partial charge in [0.1, 0.15) is 6.33 Å². The van der Waals surface area contributed by atoms with Gasteiger partial charge in [-0.25, -0.2) is 9.97 Å². The lowest BCUT2D eigenvalue weighted by Crippen LogP contribution is -2.09. The zero-order valence-electron chi connectivity index (χ0n) is 19.6. The fourth-order valence-electron chi connectivity index (χ4n) is 3.44. The molecule has 12 heteroatoms. The smallest absolute Gasteiger partial charge is 0.161 e. The average molecular weight is 479 g/mol. The molecule has 0 saturated carbocycles. The summed E-state index contributed by atoms with van der Waals surface area (Å²) in [5.74, 6) is 1.42. The van der Waals surface area contributed by atoms with E-state index in [9.17, 15) is 0 Å². The first-order chi connectivity index (χ1) is 17.5. The lowest BCUT2D eigenvalue weighted by atomic mass is 10.3. The summed E-state index contributed by atoms with van der Waals surface area (Å²) >= 11 is 0. The molecule has 36 heavy (non-hydrogen) atoms. The second kappa shape index (κ2) is 9.54. The van der Waals surface area contributed by atoms with E-state index in [0.717, 1.165) is 0 Å².